The van der Waals surface area contributed by atoms with E-state index in [1.165, 1.54) is 25.7 Å². The Balaban J connectivity index is 2.24. The molecule has 1 rings (SSSR count). The van der Waals surface area contributed by atoms with Gasteiger partial charge in [-0.1, -0.05) is 26.7 Å². The lowest BCUT2D eigenvalue weighted by Crippen LogP contribution is -2.32. The summed E-state index contributed by atoms with van der Waals surface area (Å²) in [7, 11) is 0. The lowest BCUT2D eigenvalue weighted by Gasteiger charge is -2.40. The fourth-order valence-corrected chi connectivity index (χ4v) is 2.69. The number of thiol groups is 1. The molecule has 66 valence electrons. The monoisotopic (exact) mass is 172 g/mol. The van der Waals surface area contributed by atoms with E-state index in [9.17, 15) is 0 Å². The summed E-state index contributed by atoms with van der Waals surface area (Å²) in [5, 5.41) is 0. The molecule has 0 aliphatic heterocycles. The summed E-state index contributed by atoms with van der Waals surface area (Å²) in [5.41, 5.74) is 0. The van der Waals surface area contributed by atoms with E-state index in [-0.39, 0.29) is 0 Å². The third-order valence-electron chi connectivity index (χ3n) is 3.19. The van der Waals surface area contributed by atoms with Crippen LogP contribution < -0.4 is 0 Å². The Morgan fingerprint density at radius 2 is 2.18 bits per heavy atom. The Morgan fingerprint density at radius 1 is 1.45 bits per heavy atom. The van der Waals surface area contributed by atoms with Gasteiger partial charge in [0.2, 0.25) is 0 Å². The first-order chi connectivity index (χ1) is 5.29. The molecule has 0 aromatic carbocycles. The second-order valence-electron chi connectivity index (χ2n) is 3.95. The molecule has 0 saturated heterocycles. The quantitative estimate of drug-likeness (QED) is 0.618. The molecule has 0 nitrogen and oxygen atoms in total. The largest absolute Gasteiger partial charge is 0.179 e. The van der Waals surface area contributed by atoms with Crippen LogP contribution in [-0.2, 0) is 0 Å². The predicted octanol–water partition coefficient (Wildman–Crippen LogP) is 3.38. The SMILES string of the molecule is CCCC(C)C1CCC1CS. The van der Waals surface area contributed by atoms with Gasteiger partial charge in [0, 0.05) is 0 Å². The first-order valence-electron chi connectivity index (χ1n) is 4.90. The van der Waals surface area contributed by atoms with Crippen molar-refractivity contribution in [2.45, 2.75) is 39.5 Å². The van der Waals surface area contributed by atoms with Crippen molar-refractivity contribution in [2.24, 2.45) is 17.8 Å². The van der Waals surface area contributed by atoms with Crippen LogP contribution in [0.4, 0.5) is 0 Å². The van der Waals surface area contributed by atoms with Crippen LogP contribution in [0.15, 0.2) is 0 Å². The van der Waals surface area contributed by atoms with E-state index in [4.69, 9.17) is 0 Å². The maximum Gasteiger partial charge on any atom is -0.00668 e. The third kappa shape index (κ3) is 2.14. The van der Waals surface area contributed by atoms with Crippen molar-refractivity contribution in [3.63, 3.8) is 0 Å². The van der Waals surface area contributed by atoms with E-state index in [0.29, 0.717) is 0 Å². The lowest BCUT2D eigenvalue weighted by molar-refractivity contribution is 0.126. The molecule has 0 spiro atoms. The molecular weight excluding hydrogens is 152 g/mol. The van der Waals surface area contributed by atoms with Crippen LogP contribution in [0.25, 0.3) is 0 Å². The van der Waals surface area contributed by atoms with Crippen molar-refractivity contribution >= 4 is 12.6 Å². The third-order valence-corrected chi connectivity index (χ3v) is 3.65. The standard InChI is InChI=1S/C10H20S/c1-3-4-8(2)10-6-5-9(10)7-11/h8-11H,3-7H2,1-2H3. The van der Waals surface area contributed by atoms with Gasteiger partial charge < -0.3 is 0 Å². The summed E-state index contributed by atoms with van der Waals surface area (Å²) in [6, 6.07) is 0. The normalized spacial score (nSPS) is 33.0. The van der Waals surface area contributed by atoms with Gasteiger partial charge in [-0.3, -0.25) is 0 Å². The van der Waals surface area contributed by atoms with E-state index in [1.54, 1.807) is 0 Å². The van der Waals surface area contributed by atoms with E-state index in [1.807, 2.05) is 0 Å². The zero-order valence-electron chi connectivity index (χ0n) is 7.71. The van der Waals surface area contributed by atoms with Crippen molar-refractivity contribution in [3.8, 4) is 0 Å². The molecule has 1 saturated carbocycles. The average molecular weight is 172 g/mol. The minimum Gasteiger partial charge on any atom is -0.179 e. The Morgan fingerprint density at radius 3 is 2.55 bits per heavy atom. The fourth-order valence-electron chi connectivity index (χ4n) is 2.24. The minimum atomic E-state index is 0.944. The summed E-state index contributed by atoms with van der Waals surface area (Å²) in [6.07, 6.45) is 5.65. The topological polar surface area (TPSA) is 0 Å². The van der Waals surface area contributed by atoms with Crippen LogP contribution in [-0.4, -0.2) is 5.75 Å². The Bertz CT molecular complexity index is 109. The Labute approximate surface area is 76.2 Å². The van der Waals surface area contributed by atoms with Crippen LogP contribution >= 0.6 is 12.6 Å². The Kier molecular flexibility index (Phi) is 3.77. The molecule has 11 heavy (non-hydrogen) atoms. The number of rotatable bonds is 4. The van der Waals surface area contributed by atoms with Crippen molar-refractivity contribution in [2.75, 3.05) is 5.75 Å². The van der Waals surface area contributed by atoms with Gasteiger partial charge in [0.25, 0.3) is 0 Å². The summed E-state index contributed by atoms with van der Waals surface area (Å²) in [6.45, 7) is 4.69. The molecule has 1 aliphatic carbocycles. The molecule has 1 aliphatic rings. The van der Waals surface area contributed by atoms with E-state index >= 15 is 0 Å². The average Bonchev–Trinajstić information content (AvgIpc) is 1.86. The highest BCUT2D eigenvalue weighted by Crippen LogP contribution is 2.41. The van der Waals surface area contributed by atoms with Gasteiger partial charge in [0.05, 0.1) is 0 Å². The summed E-state index contributed by atoms with van der Waals surface area (Å²) in [4.78, 5) is 0. The van der Waals surface area contributed by atoms with Crippen molar-refractivity contribution in [3.05, 3.63) is 0 Å². The number of hydrogen-bond acceptors (Lipinski definition) is 1. The smallest absolute Gasteiger partial charge is 0.00668 e. The molecule has 0 aromatic rings. The maximum absolute atomic E-state index is 4.37. The van der Waals surface area contributed by atoms with Gasteiger partial charge >= 0.3 is 0 Å². The van der Waals surface area contributed by atoms with E-state index in [0.717, 1.165) is 23.5 Å². The molecule has 0 heterocycles. The molecule has 0 amide bonds. The van der Waals surface area contributed by atoms with Crippen molar-refractivity contribution < 1.29 is 0 Å². The van der Waals surface area contributed by atoms with Crippen LogP contribution in [0.5, 0.6) is 0 Å². The van der Waals surface area contributed by atoms with Gasteiger partial charge in [0.15, 0.2) is 0 Å². The van der Waals surface area contributed by atoms with Crippen molar-refractivity contribution in [1.82, 2.24) is 0 Å². The molecular formula is C10H20S. The second kappa shape index (κ2) is 4.39. The maximum atomic E-state index is 4.37. The fraction of sp³-hybridized carbons (Fsp3) is 1.00. The summed E-state index contributed by atoms with van der Waals surface area (Å²) >= 11 is 4.37. The van der Waals surface area contributed by atoms with E-state index in [2.05, 4.69) is 26.5 Å². The van der Waals surface area contributed by atoms with Crippen LogP contribution in [0.1, 0.15) is 39.5 Å². The minimum absolute atomic E-state index is 0.944. The lowest BCUT2D eigenvalue weighted by atomic mass is 9.67. The molecule has 3 atom stereocenters. The van der Waals surface area contributed by atoms with Gasteiger partial charge in [-0.15, -0.1) is 0 Å². The molecule has 0 aromatic heterocycles. The molecule has 3 unspecified atom stereocenters. The highest BCUT2D eigenvalue weighted by molar-refractivity contribution is 7.80. The number of hydrogen-bond donors (Lipinski definition) is 1. The molecule has 1 heteroatoms. The summed E-state index contributed by atoms with van der Waals surface area (Å²) < 4.78 is 0. The van der Waals surface area contributed by atoms with Gasteiger partial charge in [-0.2, -0.15) is 12.6 Å². The van der Waals surface area contributed by atoms with Gasteiger partial charge in [-0.05, 0) is 36.3 Å². The van der Waals surface area contributed by atoms with Crippen LogP contribution in [0, 0.1) is 17.8 Å². The highest BCUT2D eigenvalue weighted by atomic mass is 32.1. The predicted molar refractivity (Wildman–Crippen MR) is 54.1 cm³/mol. The summed E-state index contributed by atoms with van der Waals surface area (Å²) in [5.74, 6) is 4.01. The highest BCUT2D eigenvalue weighted by Gasteiger charge is 2.32. The molecule has 1 fully saturated rings. The zero-order chi connectivity index (χ0) is 8.27. The molecule has 0 radical (unpaired) electrons. The molecule has 0 bridgehead atoms. The van der Waals surface area contributed by atoms with Crippen LogP contribution in [0.3, 0.4) is 0 Å². The zero-order valence-corrected chi connectivity index (χ0v) is 8.61. The van der Waals surface area contributed by atoms with E-state index < -0.39 is 0 Å². The van der Waals surface area contributed by atoms with Gasteiger partial charge in [0.1, 0.15) is 0 Å². The van der Waals surface area contributed by atoms with Crippen LogP contribution in [0.2, 0.25) is 0 Å². The first-order valence-corrected chi connectivity index (χ1v) is 5.53. The second-order valence-corrected chi connectivity index (χ2v) is 4.31. The Hall–Kier alpha value is 0.350. The molecule has 0 N–H and O–H groups in total. The van der Waals surface area contributed by atoms with Gasteiger partial charge in [-0.25, -0.2) is 0 Å². The van der Waals surface area contributed by atoms with Crippen molar-refractivity contribution in [1.29, 1.82) is 0 Å². The first kappa shape index (κ1) is 9.44.